The second-order valence-electron chi connectivity index (χ2n) is 7.56. The number of para-hydroxylation sites is 1. The summed E-state index contributed by atoms with van der Waals surface area (Å²) in [5.74, 6) is -1.01. The number of methoxy groups -OCH3 is 1. The molecular weight excluding hydrogens is 382 g/mol. The number of rotatable bonds is 7. The van der Waals surface area contributed by atoms with E-state index in [0.717, 1.165) is 5.56 Å². The van der Waals surface area contributed by atoms with E-state index in [-0.39, 0.29) is 30.6 Å². The number of likely N-dealkylation sites (tertiary alicyclic amines) is 1. The molecule has 0 spiro atoms. The van der Waals surface area contributed by atoms with Crippen LogP contribution in [0.3, 0.4) is 0 Å². The van der Waals surface area contributed by atoms with E-state index in [2.05, 4.69) is 0 Å². The summed E-state index contributed by atoms with van der Waals surface area (Å²) >= 11 is 0. The van der Waals surface area contributed by atoms with Crippen LogP contribution in [0.1, 0.15) is 36.6 Å². The van der Waals surface area contributed by atoms with Gasteiger partial charge in [0.15, 0.2) is 0 Å². The van der Waals surface area contributed by atoms with Gasteiger partial charge in [0.25, 0.3) is 11.7 Å². The first-order valence-corrected chi connectivity index (χ1v) is 9.95. The lowest BCUT2D eigenvalue weighted by molar-refractivity contribution is -0.140. The fraction of sp³-hybridized carbons (Fsp3) is 0.333. The van der Waals surface area contributed by atoms with Gasteiger partial charge in [-0.3, -0.25) is 9.59 Å². The normalized spacial score (nSPS) is 18.3. The minimum Gasteiger partial charge on any atom is -0.507 e. The van der Waals surface area contributed by atoms with Crippen molar-refractivity contribution in [2.24, 2.45) is 0 Å². The van der Waals surface area contributed by atoms with Gasteiger partial charge in [-0.25, -0.2) is 0 Å². The standard InChI is InChI=1S/C24H27NO5/c1-15(2)30-19-8-6-5-7-18(19)21-20(22(26)17-11-9-16(3)10-12-17)23(27)24(28)25(21)13-14-29-4/h5-12,15,21,26H,13-14H2,1-4H3/b22-20-. The van der Waals surface area contributed by atoms with Crippen molar-refractivity contribution >= 4 is 17.4 Å². The molecule has 0 aliphatic carbocycles. The molecule has 1 amide bonds. The van der Waals surface area contributed by atoms with E-state index in [0.29, 0.717) is 16.9 Å². The zero-order valence-corrected chi connectivity index (χ0v) is 17.7. The Morgan fingerprint density at radius 3 is 2.40 bits per heavy atom. The molecule has 1 heterocycles. The van der Waals surface area contributed by atoms with Gasteiger partial charge in [0.05, 0.1) is 24.3 Å². The van der Waals surface area contributed by atoms with Crippen molar-refractivity contribution in [1.82, 2.24) is 4.90 Å². The van der Waals surface area contributed by atoms with Gasteiger partial charge >= 0.3 is 0 Å². The predicted molar refractivity (Wildman–Crippen MR) is 114 cm³/mol. The van der Waals surface area contributed by atoms with Crippen molar-refractivity contribution in [1.29, 1.82) is 0 Å². The van der Waals surface area contributed by atoms with Gasteiger partial charge in [0, 0.05) is 24.8 Å². The molecule has 1 N–H and O–H groups in total. The van der Waals surface area contributed by atoms with Crippen molar-refractivity contribution in [3.05, 3.63) is 70.8 Å². The van der Waals surface area contributed by atoms with Crippen molar-refractivity contribution in [2.75, 3.05) is 20.3 Å². The second-order valence-corrected chi connectivity index (χ2v) is 7.56. The second kappa shape index (κ2) is 9.13. The van der Waals surface area contributed by atoms with Crippen LogP contribution in [0.25, 0.3) is 5.76 Å². The van der Waals surface area contributed by atoms with Crippen molar-refractivity contribution < 1.29 is 24.2 Å². The fourth-order valence-corrected chi connectivity index (χ4v) is 3.56. The van der Waals surface area contributed by atoms with Crippen molar-refractivity contribution in [3.8, 4) is 5.75 Å². The number of Topliss-reactive ketones (excluding diaryl/α,β-unsaturated/α-hetero) is 1. The minimum absolute atomic E-state index is 0.0553. The number of ketones is 1. The molecule has 1 fully saturated rings. The van der Waals surface area contributed by atoms with Gasteiger partial charge in [-0.2, -0.15) is 0 Å². The molecule has 1 aliphatic heterocycles. The first-order chi connectivity index (χ1) is 14.3. The third-order valence-electron chi connectivity index (χ3n) is 4.98. The van der Waals surface area contributed by atoms with E-state index in [1.54, 1.807) is 18.2 Å². The molecule has 1 aliphatic rings. The molecule has 0 aromatic heterocycles. The summed E-state index contributed by atoms with van der Waals surface area (Å²) in [5.41, 5.74) is 2.21. The number of aryl methyl sites for hydroxylation is 1. The highest BCUT2D eigenvalue weighted by Crippen LogP contribution is 2.42. The van der Waals surface area contributed by atoms with Crippen LogP contribution in [0, 0.1) is 6.92 Å². The van der Waals surface area contributed by atoms with E-state index < -0.39 is 17.7 Å². The summed E-state index contributed by atoms with van der Waals surface area (Å²) in [6, 6.07) is 13.7. The molecule has 1 unspecified atom stereocenters. The van der Waals surface area contributed by atoms with E-state index >= 15 is 0 Å². The summed E-state index contributed by atoms with van der Waals surface area (Å²) < 4.78 is 11.1. The highest BCUT2D eigenvalue weighted by Gasteiger charge is 2.46. The number of amides is 1. The van der Waals surface area contributed by atoms with E-state index in [1.165, 1.54) is 12.0 Å². The largest absolute Gasteiger partial charge is 0.507 e. The van der Waals surface area contributed by atoms with Crippen LogP contribution in [0.2, 0.25) is 0 Å². The maximum atomic E-state index is 13.0. The molecule has 0 bridgehead atoms. The van der Waals surface area contributed by atoms with Crippen LogP contribution in [0.5, 0.6) is 5.75 Å². The lowest BCUT2D eigenvalue weighted by atomic mass is 9.94. The Labute approximate surface area is 176 Å². The Morgan fingerprint density at radius 1 is 1.10 bits per heavy atom. The topological polar surface area (TPSA) is 76.1 Å². The maximum Gasteiger partial charge on any atom is 0.295 e. The lowest BCUT2D eigenvalue weighted by Crippen LogP contribution is -2.33. The van der Waals surface area contributed by atoms with Crippen LogP contribution in [-0.4, -0.2) is 48.1 Å². The average Bonchev–Trinajstić information content (AvgIpc) is 2.97. The SMILES string of the molecule is COCCN1C(=O)C(=O)/C(=C(\O)c2ccc(C)cc2)C1c1ccccc1OC(C)C. The number of aliphatic hydroxyl groups is 1. The zero-order valence-electron chi connectivity index (χ0n) is 17.7. The van der Waals surface area contributed by atoms with Gasteiger partial charge < -0.3 is 19.5 Å². The zero-order chi connectivity index (χ0) is 21.8. The monoisotopic (exact) mass is 409 g/mol. The Balaban J connectivity index is 2.19. The highest BCUT2D eigenvalue weighted by atomic mass is 16.5. The molecule has 1 atom stereocenters. The van der Waals surface area contributed by atoms with Crippen molar-refractivity contribution in [3.63, 3.8) is 0 Å². The fourth-order valence-electron chi connectivity index (χ4n) is 3.56. The molecule has 0 saturated carbocycles. The molecule has 1 saturated heterocycles. The van der Waals surface area contributed by atoms with Crippen molar-refractivity contribution in [2.45, 2.75) is 32.9 Å². The number of hydrogen-bond acceptors (Lipinski definition) is 5. The Hall–Kier alpha value is -3.12. The average molecular weight is 409 g/mol. The van der Waals surface area contributed by atoms with Crippen LogP contribution in [-0.2, 0) is 14.3 Å². The molecular formula is C24H27NO5. The number of carbonyl (C=O) groups is 2. The lowest BCUT2D eigenvalue weighted by Gasteiger charge is -2.27. The molecule has 158 valence electrons. The third-order valence-corrected chi connectivity index (χ3v) is 4.98. The van der Waals surface area contributed by atoms with Gasteiger partial charge in [0.2, 0.25) is 0 Å². The van der Waals surface area contributed by atoms with E-state index in [9.17, 15) is 14.7 Å². The van der Waals surface area contributed by atoms with Crippen LogP contribution >= 0.6 is 0 Å². The molecule has 6 heteroatoms. The Kier molecular flexibility index (Phi) is 6.57. The molecule has 3 rings (SSSR count). The summed E-state index contributed by atoms with van der Waals surface area (Å²) in [4.78, 5) is 27.3. The molecule has 2 aromatic carbocycles. The van der Waals surface area contributed by atoms with Gasteiger partial charge in [0.1, 0.15) is 11.5 Å². The summed E-state index contributed by atoms with van der Waals surface area (Å²) in [6.45, 7) is 6.23. The highest BCUT2D eigenvalue weighted by molar-refractivity contribution is 6.46. The Bertz CT molecular complexity index is 962. The van der Waals surface area contributed by atoms with Crippen LogP contribution in [0.4, 0.5) is 0 Å². The van der Waals surface area contributed by atoms with Gasteiger partial charge in [-0.1, -0.05) is 48.0 Å². The van der Waals surface area contributed by atoms with E-state index in [1.807, 2.05) is 51.1 Å². The van der Waals surface area contributed by atoms with Gasteiger partial charge in [-0.05, 0) is 26.8 Å². The molecule has 30 heavy (non-hydrogen) atoms. The molecule has 2 aromatic rings. The molecule has 0 radical (unpaired) electrons. The number of benzene rings is 2. The summed E-state index contributed by atoms with van der Waals surface area (Å²) in [5, 5.41) is 11.1. The number of carbonyl (C=O) groups excluding carboxylic acids is 2. The smallest absolute Gasteiger partial charge is 0.295 e. The van der Waals surface area contributed by atoms with Crippen LogP contribution in [0.15, 0.2) is 54.1 Å². The number of aliphatic hydroxyl groups excluding tert-OH is 1. The minimum atomic E-state index is -0.767. The maximum absolute atomic E-state index is 13.0. The number of hydrogen-bond donors (Lipinski definition) is 1. The number of nitrogens with zero attached hydrogens (tertiary/aromatic N) is 1. The van der Waals surface area contributed by atoms with Crippen LogP contribution < -0.4 is 4.74 Å². The quantitative estimate of drug-likeness (QED) is 0.427. The first-order valence-electron chi connectivity index (χ1n) is 9.95. The van der Waals surface area contributed by atoms with Gasteiger partial charge in [-0.15, -0.1) is 0 Å². The summed E-state index contributed by atoms with van der Waals surface area (Å²) in [6.07, 6.45) is -0.0930. The number of ether oxygens (including phenoxy) is 2. The molecule has 6 nitrogen and oxygen atoms in total. The Morgan fingerprint density at radius 2 is 1.77 bits per heavy atom. The van der Waals surface area contributed by atoms with E-state index in [4.69, 9.17) is 9.47 Å². The third kappa shape index (κ3) is 4.24. The summed E-state index contributed by atoms with van der Waals surface area (Å²) in [7, 11) is 1.54. The predicted octanol–water partition coefficient (Wildman–Crippen LogP) is 3.85. The first kappa shape index (κ1) is 21.6.